The van der Waals surface area contributed by atoms with E-state index in [2.05, 4.69) is 21.2 Å². The topological polar surface area (TPSA) is 55.1 Å². The molecule has 0 saturated carbocycles. The van der Waals surface area contributed by atoms with Crippen LogP contribution in [0.4, 0.5) is 15.8 Å². The first-order valence-electron chi connectivity index (χ1n) is 6.01. The van der Waals surface area contributed by atoms with Crippen molar-refractivity contribution in [2.45, 2.75) is 13.8 Å². The number of hydrogen-bond acceptors (Lipinski definition) is 2. The minimum atomic E-state index is -0.361. The Kier molecular flexibility index (Phi) is 4.09. The zero-order valence-corrected chi connectivity index (χ0v) is 12.7. The SMILES string of the molecule is Cc1cc(N)cc(C(=O)Nc2cc(Br)c(F)cc2C)c1. The Morgan fingerprint density at radius 3 is 2.55 bits per heavy atom. The molecular weight excluding hydrogens is 323 g/mol. The Balaban J connectivity index is 2.30. The number of nitrogen functional groups attached to an aromatic ring is 1. The van der Waals surface area contributed by atoms with Crippen molar-refractivity contribution in [2.24, 2.45) is 0 Å². The highest BCUT2D eigenvalue weighted by atomic mass is 79.9. The van der Waals surface area contributed by atoms with Gasteiger partial charge in [-0.25, -0.2) is 4.39 Å². The van der Waals surface area contributed by atoms with Crippen molar-refractivity contribution in [1.82, 2.24) is 0 Å². The first-order valence-corrected chi connectivity index (χ1v) is 6.80. The largest absolute Gasteiger partial charge is 0.399 e. The summed E-state index contributed by atoms with van der Waals surface area (Å²) in [6, 6.07) is 8.05. The van der Waals surface area contributed by atoms with E-state index in [1.54, 1.807) is 31.2 Å². The van der Waals surface area contributed by atoms with Crippen LogP contribution in [-0.4, -0.2) is 5.91 Å². The summed E-state index contributed by atoms with van der Waals surface area (Å²) in [6.45, 7) is 3.60. The molecule has 0 atom stereocenters. The van der Waals surface area contributed by atoms with Crippen molar-refractivity contribution < 1.29 is 9.18 Å². The average molecular weight is 337 g/mol. The Morgan fingerprint density at radius 1 is 1.20 bits per heavy atom. The molecule has 3 N–H and O–H groups in total. The van der Waals surface area contributed by atoms with Crippen LogP contribution in [0, 0.1) is 19.7 Å². The van der Waals surface area contributed by atoms with E-state index >= 15 is 0 Å². The average Bonchev–Trinajstić information content (AvgIpc) is 2.34. The first-order chi connectivity index (χ1) is 9.36. The van der Waals surface area contributed by atoms with E-state index < -0.39 is 0 Å². The molecule has 0 aliphatic heterocycles. The molecule has 0 radical (unpaired) electrons. The van der Waals surface area contributed by atoms with Gasteiger partial charge in [-0.1, -0.05) is 0 Å². The maximum atomic E-state index is 13.3. The summed E-state index contributed by atoms with van der Waals surface area (Å²) in [5.41, 5.74) is 8.86. The Bertz CT molecular complexity index is 666. The molecule has 0 saturated heterocycles. The molecule has 0 aromatic heterocycles. The lowest BCUT2D eigenvalue weighted by molar-refractivity contribution is 0.102. The van der Waals surface area contributed by atoms with E-state index in [1.165, 1.54) is 6.07 Å². The number of carbonyl (C=O) groups excluding carboxylic acids is 1. The molecule has 0 unspecified atom stereocenters. The summed E-state index contributed by atoms with van der Waals surface area (Å²) in [5.74, 6) is -0.637. The molecule has 0 fully saturated rings. The van der Waals surface area contributed by atoms with Crippen LogP contribution in [0.1, 0.15) is 21.5 Å². The third kappa shape index (κ3) is 3.17. The standard InChI is InChI=1S/C15H14BrFN2O/c1-8-3-10(6-11(18)4-8)15(20)19-14-7-12(16)13(17)5-9(14)2/h3-7H,18H2,1-2H3,(H,19,20). The number of nitrogens with two attached hydrogens (primary N) is 1. The highest BCUT2D eigenvalue weighted by molar-refractivity contribution is 9.10. The van der Waals surface area contributed by atoms with Crippen molar-refractivity contribution >= 4 is 33.2 Å². The summed E-state index contributed by atoms with van der Waals surface area (Å²) in [4.78, 5) is 12.2. The first kappa shape index (κ1) is 14.5. The van der Waals surface area contributed by atoms with Gasteiger partial charge in [0.2, 0.25) is 0 Å². The van der Waals surface area contributed by atoms with Crippen LogP contribution in [0.2, 0.25) is 0 Å². The zero-order chi connectivity index (χ0) is 14.9. The molecule has 0 bridgehead atoms. The van der Waals surface area contributed by atoms with Gasteiger partial charge in [0.25, 0.3) is 5.91 Å². The van der Waals surface area contributed by atoms with Gasteiger partial charge in [-0.15, -0.1) is 0 Å². The van der Waals surface area contributed by atoms with Gasteiger partial charge in [-0.3, -0.25) is 4.79 Å². The number of nitrogens with one attached hydrogen (secondary N) is 1. The highest BCUT2D eigenvalue weighted by Crippen LogP contribution is 2.25. The Hall–Kier alpha value is -1.88. The molecule has 0 aliphatic carbocycles. The third-order valence-corrected chi connectivity index (χ3v) is 3.49. The number of halogens is 2. The fourth-order valence-corrected chi connectivity index (χ4v) is 2.26. The van der Waals surface area contributed by atoms with E-state index in [9.17, 15) is 9.18 Å². The van der Waals surface area contributed by atoms with Gasteiger partial charge < -0.3 is 11.1 Å². The molecule has 0 spiro atoms. The second-order valence-electron chi connectivity index (χ2n) is 4.67. The summed E-state index contributed by atoms with van der Waals surface area (Å²) in [6.07, 6.45) is 0. The molecule has 3 nitrogen and oxygen atoms in total. The maximum Gasteiger partial charge on any atom is 0.255 e. The van der Waals surface area contributed by atoms with Gasteiger partial charge in [-0.05, 0) is 71.2 Å². The van der Waals surface area contributed by atoms with Crippen LogP contribution in [0.15, 0.2) is 34.8 Å². The van der Waals surface area contributed by atoms with E-state index in [0.29, 0.717) is 27.0 Å². The van der Waals surface area contributed by atoms with Gasteiger partial charge in [0.15, 0.2) is 0 Å². The Morgan fingerprint density at radius 2 is 1.90 bits per heavy atom. The summed E-state index contributed by atoms with van der Waals surface area (Å²) < 4.78 is 13.7. The second kappa shape index (κ2) is 5.63. The fourth-order valence-electron chi connectivity index (χ4n) is 1.92. The third-order valence-electron chi connectivity index (χ3n) is 2.88. The maximum absolute atomic E-state index is 13.3. The van der Waals surface area contributed by atoms with Gasteiger partial charge in [0.05, 0.1) is 4.47 Å². The van der Waals surface area contributed by atoms with Crippen LogP contribution in [0.5, 0.6) is 0 Å². The molecule has 2 aromatic rings. The lowest BCUT2D eigenvalue weighted by Crippen LogP contribution is -2.13. The van der Waals surface area contributed by atoms with Crippen molar-refractivity contribution in [3.8, 4) is 0 Å². The van der Waals surface area contributed by atoms with Crippen molar-refractivity contribution in [3.63, 3.8) is 0 Å². The summed E-state index contributed by atoms with van der Waals surface area (Å²) in [5, 5.41) is 2.76. The predicted molar refractivity (Wildman–Crippen MR) is 82.4 cm³/mol. The minimum absolute atomic E-state index is 0.276. The van der Waals surface area contributed by atoms with Crippen LogP contribution >= 0.6 is 15.9 Å². The van der Waals surface area contributed by atoms with Crippen LogP contribution < -0.4 is 11.1 Å². The lowest BCUT2D eigenvalue weighted by atomic mass is 10.1. The van der Waals surface area contributed by atoms with Crippen molar-refractivity contribution in [1.29, 1.82) is 0 Å². The quantitative estimate of drug-likeness (QED) is 0.813. The molecule has 2 aromatic carbocycles. The number of benzene rings is 2. The minimum Gasteiger partial charge on any atom is -0.399 e. The highest BCUT2D eigenvalue weighted by Gasteiger charge is 2.11. The lowest BCUT2D eigenvalue weighted by Gasteiger charge is -2.10. The molecule has 2 rings (SSSR count). The summed E-state index contributed by atoms with van der Waals surface area (Å²) in [7, 11) is 0. The van der Waals surface area contributed by atoms with E-state index in [-0.39, 0.29) is 11.7 Å². The molecule has 0 heterocycles. The number of anilines is 2. The molecule has 20 heavy (non-hydrogen) atoms. The summed E-state index contributed by atoms with van der Waals surface area (Å²) >= 11 is 3.10. The second-order valence-corrected chi connectivity index (χ2v) is 5.52. The van der Waals surface area contributed by atoms with Crippen LogP contribution in [0.3, 0.4) is 0 Å². The molecule has 0 aliphatic rings. The predicted octanol–water partition coefficient (Wildman–Crippen LogP) is 4.04. The van der Waals surface area contributed by atoms with Crippen molar-refractivity contribution in [2.75, 3.05) is 11.1 Å². The number of aryl methyl sites for hydroxylation is 2. The van der Waals surface area contributed by atoms with E-state index in [0.717, 1.165) is 5.56 Å². The zero-order valence-electron chi connectivity index (χ0n) is 11.1. The molecule has 5 heteroatoms. The van der Waals surface area contributed by atoms with Gasteiger partial charge in [0, 0.05) is 16.9 Å². The number of carbonyl (C=O) groups is 1. The van der Waals surface area contributed by atoms with Gasteiger partial charge in [0.1, 0.15) is 5.82 Å². The van der Waals surface area contributed by atoms with E-state index in [4.69, 9.17) is 5.73 Å². The van der Waals surface area contributed by atoms with Gasteiger partial charge >= 0.3 is 0 Å². The number of rotatable bonds is 2. The number of amides is 1. The van der Waals surface area contributed by atoms with Crippen molar-refractivity contribution in [3.05, 3.63) is 57.3 Å². The molecular formula is C15H14BrFN2O. The molecule has 1 amide bonds. The number of hydrogen-bond donors (Lipinski definition) is 2. The Labute approximate surface area is 125 Å². The van der Waals surface area contributed by atoms with E-state index in [1.807, 2.05) is 6.92 Å². The normalized spacial score (nSPS) is 10.4. The smallest absolute Gasteiger partial charge is 0.255 e. The van der Waals surface area contributed by atoms with Crippen LogP contribution in [0.25, 0.3) is 0 Å². The monoisotopic (exact) mass is 336 g/mol. The van der Waals surface area contributed by atoms with Crippen LogP contribution in [-0.2, 0) is 0 Å². The molecule has 104 valence electrons. The fraction of sp³-hybridized carbons (Fsp3) is 0.133. The van der Waals surface area contributed by atoms with Gasteiger partial charge in [-0.2, -0.15) is 0 Å².